The molecule has 0 N–H and O–H groups in total. The molecular weight excluding hydrogens is 418 g/mol. The van der Waals surface area contributed by atoms with Crippen LogP contribution in [0.15, 0.2) is 40.9 Å². The third-order valence-electron chi connectivity index (χ3n) is 7.68. The largest absolute Gasteiger partial charge is 0.378 e. The summed E-state index contributed by atoms with van der Waals surface area (Å²) >= 11 is 0. The van der Waals surface area contributed by atoms with Gasteiger partial charge in [0.05, 0.1) is 19.3 Å². The van der Waals surface area contributed by atoms with Crippen LogP contribution in [0.2, 0.25) is 0 Å². The number of nitrogens with zero attached hydrogens (tertiary/aromatic N) is 5. The van der Waals surface area contributed by atoms with E-state index in [0.717, 1.165) is 64.5 Å². The van der Waals surface area contributed by atoms with Crippen LogP contribution in [0.1, 0.15) is 33.1 Å². The van der Waals surface area contributed by atoms with Gasteiger partial charge in [0.25, 0.3) is 5.56 Å². The standard InChI is InChI=1S/C25H35N5O3/c1-25(2)9-12-28(13-10-25)22-6-7-23(31)30(26-22)18-24(32)29-11-8-19-20(4-3-5-21(19)29)27-14-16-33-17-15-27/h3-7,19,21H,8-18H2,1-2H3. The van der Waals surface area contributed by atoms with E-state index in [1.807, 2.05) is 4.90 Å². The van der Waals surface area contributed by atoms with Gasteiger partial charge in [0, 0.05) is 50.4 Å². The summed E-state index contributed by atoms with van der Waals surface area (Å²) in [4.78, 5) is 32.4. The predicted octanol–water partition coefficient (Wildman–Crippen LogP) is 1.87. The summed E-state index contributed by atoms with van der Waals surface area (Å²) in [5.74, 6) is 1.05. The van der Waals surface area contributed by atoms with E-state index in [1.54, 1.807) is 12.1 Å². The minimum absolute atomic E-state index is 0.0142. The van der Waals surface area contributed by atoms with Crippen LogP contribution in [-0.2, 0) is 16.1 Å². The van der Waals surface area contributed by atoms with Gasteiger partial charge in [0.15, 0.2) is 0 Å². The Balaban J connectivity index is 1.27. The fraction of sp³-hybridized carbons (Fsp3) is 0.640. The molecule has 1 aliphatic carbocycles. The van der Waals surface area contributed by atoms with Gasteiger partial charge in [0.2, 0.25) is 5.91 Å². The van der Waals surface area contributed by atoms with Crippen LogP contribution in [0.4, 0.5) is 5.82 Å². The molecule has 3 aliphatic heterocycles. The number of anilines is 1. The van der Waals surface area contributed by atoms with E-state index in [2.05, 4.69) is 47.0 Å². The minimum Gasteiger partial charge on any atom is -0.378 e. The molecule has 3 fully saturated rings. The Morgan fingerprint density at radius 1 is 1.09 bits per heavy atom. The first-order valence-corrected chi connectivity index (χ1v) is 12.2. The van der Waals surface area contributed by atoms with Crippen molar-refractivity contribution in [3.8, 4) is 0 Å². The number of aromatic nitrogens is 2. The molecule has 5 rings (SSSR count). The van der Waals surface area contributed by atoms with Crippen LogP contribution in [0.25, 0.3) is 0 Å². The van der Waals surface area contributed by atoms with Gasteiger partial charge in [-0.1, -0.05) is 26.0 Å². The molecule has 4 heterocycles. The highest BCUT2D eigenvalue weighted by molar-refractivity contribution is 5.77. The Hall–Kier alpha value is -2.61. The predicted molar refractivity (Wildman–Crippen MR) is 127 cm³/mol. The van der Waals surface area contributed by atoms with Crippen molar-refractivity contribution in [3.05, 3.63) is 46.4 Å². The summed E-state index contributed by atoms with van der Waals surface area (Å²) in [5.41, 5.74) is 1.43. The fourth-order valence-electron chi connectivity index (χ4n) is 5.50. The number of morpholine rings is 1. The third kappa shape index (κ3) is 4.58. The number of carbonyl (C=O) groups is 1. The summed E-state index contributed by atoms with van der Waals surface area (Å²) in [7, 11) is 0. The quantitative estimate of drug-likeness (QED) is 0.693. The van der Waals surface area contributed by atoms with Crippen molar-refractivity contribution >= 4 is 11.7 Å². The number of hydrogen-bond acceptors (Lipinski definition) is 6. The molecule has 1 aromatic rings. The number of carbonyl (C=O) groups excluding carboxylic acids is 1. The van der Waals surface area contributed by atoms with Gasteiger partial charge < -0.3 is 19.4 Å². The monoisotopic (exact) mass is 453 g/mol. The lowest BCUT2D eigenvalue weighted by Crippen LogP contribution is -2.44. The molecule has 178 valence electrons. The number of likely N-dealkylation sites (tertiary alicyclic amines) is 1. The summed E-state index contributed by atoms with van der Waals surface area (Å²) in [5, 5.41) is 4.58. The lowest BCUT2D eigenvalue weighted by molar-refractivity contribution is -0.132. The fourth-order valence-corrected chi connectivity index (χ4v) is 5.50. The number of rotatable bonds is 4. The average Bonchev–Trinajstić information content (AvgIpc) is 3.26. The molecule has 4 aliphatic rings. The zero-order valence-electron chi connectivity index (χ0n) is 19.8. The number of fused-ring (bicyclic) bond motifs is 1. The maximum atomic E-state index is 13.3. The highest BCUT2D eigenvalue weighted by Crippen LogP contribution is 2.36. The second-order valence-corrected chi connectivity index (χ2v) is 10.4. The van der Waals surface area contributed by atoms with Crippen LogP contribution < -0.4 is 10.5 Å². The van der Waals surface area contributed by atoms with Gasteiger partial charge in [-0.3, -0.25) is 9.59 Å². The zero-order valence-corrected chi connectivity index (χ0v) is 19.8. The highest BCUT2D eigenvalue weighted by atomic mass is 16.5. The van der Waals surface area contributed by atoms with Crippen LogP contribution >= 0.6 is 0 Å². The number of amides is 1. The van der Waals surface area contributed by atoms with E-state index < -0.39 is 0 Å². The average molecular weight is 454 g/mol. The first-order chi connectivity index (χ1) is 15.9. The van der Waals surface area contributed by atoms with Crippen LogP contribution in [0.3, 0.4) is 0 Å². The maximum absolute atomic E-state index is 13.3. The van der Waals surface area contributed by atoms with Crippen molar-refractivity contribution in [3.63, 3.8) is 0 Å². The molecule has 33 heavy (non-hydrogen) atoms. The molecule has 0 saturated carbocycles. The molecule has 1 aromatic heterocycles. The summed E-state index contributed by atoms with van der Waals surface area (Å²) in [6.07, 6.45) is 9.51. The van der Waals surface area contributed by atoms with Gasteiger partial charge >= 0.3 is 0 Å². The van der Waals surface area contributed by atoms with E-state index in [-0.39, 0.29) is 24.1 Å². The lowest BCUT2D eigenvalue weighted by Gasteiger charge is -2.38. The molecule has 2 atom stereocenters. The Morgan fingerprint density at radius 3 is 2.61 bits per heavy atom. The summed E-state index contributed by atoms with van der Waals surface area (Å²) in [6.45, 7) is 10.4. The van der Waals surface area contributed by atoms with Crippen molar-refractivity contribution in [2.75, 3.05) is 50.8 Å². The normalized spacial score (nSPS) is 26.8. The van der Waals surface area contributed by atoms with Gasteiger partial charge in [0.1, 0.15) is 12.4 Å². The van der Waals surface area contributed by atoms with Crippen LogP contribution in [0.5, 0.6) is 0 Å². The third-order valence-corrected chi connectivity index (χ3v) is 7.68. The highest BCUT2D eigenvalue weighted by Gasteiger charge is 2.40. The Kier molecular flexibility index (Phi) is 6.03. The smallest absolute Gasteiger partial charge is 0.267 e. The SMILES string of the molecule is CC1(C)CCN(c2ccc(=O)n(CC(=O)N3CCC4C(N5CCOCC5)=CC=CC43)n2)CC1. The first-order valence-electron chi connectivity index (χ1n) is 12.2. The number of hydrogen-bond donors (Lipinski definition) is 0. The zero-order chi connectivity index (χ0) is 23.0. The van der Waals surface area contributed by atoms with Gasteiger partial charge in [-0.2, -0.15) is 5.10 Å². The molecule has 2 unspecified atom stereocenters. The lowest BCUT2D eigenvalue weighted by atomic mass is 9.83. The van der Waals surface area contributed by atoms with Crippen molar-refractivity contribution < 1.29 is 9.53 Å². The molecule has 0 radical (unpaired) electrons. The minimum atomic E-state index is -0.228. The second kappa shape index (κ2) is 8.97. The molecule has 0 aromatic carbocycles. The number of piperidine rings is 1. The molecule has 0 bridgehead atoms. The Bertz CT molecular complexity index is 998. The summed E-state index contributed by atoms with van der Waals surface area (Å²) in [6, 6.07) is 3.38. The van der Waals surface area contributed by atoms with Crippen LogP contribution in [-0.4, -0.2) is 77.5 Å². The van der Waals surface area contributed by atoms with Gasteiger partial charge in [-0.05, 0) is 36.8 Å². The number of ether oxygens (including phenoxy) is 1. The van der Waals surface area contributed by atoms with E-state index in [0.29, 0.717) is 17.9 Å². The molecule has 3 saturated heterocycles. The van der Waals surface area contributed by atoms with E-state index in [4.69, 9.17) is 4.74 Å². The van der Waals surface area contributed by atoms with Crippen molar-refractivity contribution in [1.29, 1.82) is 0 Å². The Morgan fingerprint density at radius 2 is 1.85 bits per heavy atom. The maximum Gasteiger partial charge on any atom is 0.267 e. The van der Waals surface area contributed by atoms with Gasteiger partial charge in [-0.25, -0.2) is 4.68 Å². The molecule has 8 heteroatoms. The first kappa shape index (κ1) is 22.2. The van der Waals surface area contributed by atoms with Crippen LogP contribution in [0, 0.1) is 11.3 Å². The number of allylic oxidation sites excluding steroid dienone is 2. The molecular formula is C25H35N5O3. The topological polar surface area (TPSA) is 70.9 Å². The van der Waals surface area contributed by atoms with E-state index in [9.17, 15) is 9.59 Å². The molecule has 0 spiro atoms. The molecule has 1 amide bonds. The second-order valence-electron chi connectivity index (χ2n) is 10.4. The van der Waals surface area contributed by atoms with E-state index in [1.165, 1.54) is 10.4 Å². The van der Waals surface area contributed by atoms with Gasteiger partial charge in [-0.15, -0.1) is 0 Å². The Labute approximate surface area is 195 Å². The summed E-state index contributed by atoms with van der Waals surface area (Å²) < 4.78 is 6.85. The van der Waals surface area contributed by atoms with Crippen molar-refractivity contribution in [2.45, 2.75) is 45.7 Å². The van der Waals surface area contributed by atoms with E-state index >= 15 is 0 Å². The molecule has 8 nitrogen and oxygen atoms in total. The van der Waals surface area contributed by atoms with Crippen molar-refractivity contribution in [2.24, 2.45) is 11.3 Å². The van der Waals surface area contributed by atoms with Crippen molar-refractivity contribution in [1.82, 2.24) is 19.6 Å².